The molecule has 0 aromatic heterocycles. The highest BCUT2D eigenvalue weighted by Gasteiger charge is 2.54. The highest BCUT2D eigenvalue weighted by atomic mass is 16.8. The molecule has 0 amide bonds. The van der Waals surface area contributed by atoms with E-state index in [1.807, 2.05) is 0 Å². The predicted octanol–water partition coefficient (Wildman–Crippen LogP) is -3.54. The van der Waals surface area contributed by atoms with E-state index in [-0.39, 0.29) is 23.5 Å². The number of methoxy groups -OCH3 is 1. The van der Waals surface area contributed by atoms with E-state index < -0.39 is 135 Å². The van der Waals surface area contributed by atoms with Gasteiger partial charge in [-0.2, -0.15) is 0 Å². The SMILES string of the molecule is C=C[C@H]1[C@H](C)[C@@H]2C[C@@H]1/C(C(=O)OC)=C\O[C@H](O[C@@H]1O[C@H](CO)[C@@H](O)[C@H](O)[C@H]1O)[C@H]1[C@H](O[C@@H]3O[C@H](CO)[C@@H](O)[C@H](O)[C@H]3O)OC=C(C(=O)O2)[C@H]1CC=O. The topological polar surface area (TPSA) is 287 Å². The lowest BCUT2D eigenvalue weighted by atomic mass is 9.81. The van der Waals surface area contributed by atoms with Crippen LogP contribution in [0, 0.1) is 29.6 Å². The molecule has 8 N–H and O–H groups in total. The molecule has 1 saturated carbocycles. The molecule has 0 radical (unpaired) electrons. The summed E-state index contributed by atoms with van der Waals surface area (Å²) in [6.45, 7) is 4.06. The number of rotatable bonds is 10. The number of aliphatic hydroxyl groups is 8. The molecule has 52 heavy (non-hydrogen) atoms. The highest BCUT2D eigenvalue weighted by molar-refractivity contribution is 5.90. The molecule has 3 fully saturated rings. The largest absolute Gasteiger partial charge is 0.471 e. The molecule has 4 heterocycles. The quantitative estimate of drug-likeness (QED) is 0.0610. The number of fused-ring (bicyclic) bond motifs is 4. The van der Waals surface area contributed by atoms with E-state index in [1.54, 1.807) is 13.0 Å². The van der Waals surface area contributed by atoms with Crippen LogP contribution < -0.4 is 0 Å². The second-order valence-corrected chi connectivity index (χ2v) is 13.4. The standard InChI is InChI=1S/C33H46O19/c1-4-13-12(2)18-7-15(13)17(28(43)45-3)11-47-31(52-33-27(42)25(40)23(38)20(9-36)50-33)21-14(5-6-34)16(29(44)48-18)10-46-30(21)51-32-26(41)24(39)22(37)19(8-35)49-32/h4,6,10-15,18-27,30-33,35-42H,1,5,7-9H2,2-3H3/b17-11+/t12-,13-,14+,15-,18-,19+,20+,21+,22+,23+,24-,25-,26+,27+,30-,31+,32-,33-/m0/s1. The van der Waals surface area contributed by atoms with Crippen LogP contribution in [0.3, 0.4) is 0 Å². The number of hydrogen-bond acceptors (Lipinski definition) is 19. The fourth-order valence-corrected chi connectivity index (χ4v) is 7.44. The van der Waals surface area contributed by atoms with Crippen molar-refractivity contribution in [2.24, 2.45) is 29.6 Å². The lowest BCUT2D eigenvalue weighted by Crippen LogP contribution is -2.62. The van der Waals surface area contributed by atoms with E-state index in [2.05, 4.69) is 6.58 Å². The van der Waals surface area contributed by atoms with Crippen molar-refractivity contribution in [2.75, 3.05) is 20.3 Å². The van der Waals surface area contributed by atoms with E-state index in [0.29, 0.717) is 6.29 Å². The average Bonchev–Trinajstić information content (AvgIpc) is 3.44. The maximum atomic E-state index is 13.9. The molecular weight excluding hydrogens is 700 g/mol. The van der Waals surface area contributed by atoms with Crippen molar-refractivity contribution in [3.63, 3.8) is 0 Å². The van der Waals surface area contributed by atoms with E-state index in [1.165, 1.54) is 0 Å². The molecule has 4 aliphatic heterocycles. The van der Waals surface area contributed by atoms with Gasteiger partial charge in [0, 0.05) is 24.2 Å². The van der Waals surface area contributed by atoms with Crippen LogP contribution >= 0.6 is 0 Å². The van der Waals surface area contributed by atoms with Crippen LogP contribution in [0.5, 0.6) is 0 Å². The second kappa shape index (κ2) is 17.0. The third kappa shape index (κ3) is 7.63. The van der Waals surface area contributed by atoms with Crippen LogP contribution in [-0.4, -0.2) is 159 Å². The Hall–Kier alpha value is -3.05. The van der Waals surface area contributed by atoms with Gasteiger partial charge in [0.1, 0.15) is 61.2 Å². The first-order valence-electron chi connectivity index (χ1n) is 16.8. The summed E-state index contributed by atoms with van der Waals surface area (Å²) in [6, 6.07) is 0. The van der Waals surface area contributed by atoms with Gasteiger partial charge in [-0.1, -0.05) is 13.0 Å². The highest BCUT2D eigenvalue weighted by Crippen LogP contribution is 2.46. The molecule has 292 valence electrons. The number of ether oxygens (including phenoxy) is 8. The van der Waals surface area contributed by atoms with Crippen molar-refractivity contribution >= 4 is 18.2 Å². The van der Waals surface area contributed by atoms with Gasteiger partial charge in [0.15, 0.2) is 12.6 Å². The Bertz CT molecular complexity index is 1350. The molecule has 5 aliphatic rings. The summed E-state index contributed by atoms with van der Waals surface area (Å²) in [6.07, 6.45) is -18.4. The fourth-order valence-electron chi connectivity index (χ4n) is 7.44. The number of carbonyl (C=O) groups is 3. The lowest BCUT2D eigenvalue weighted by Gasteiger charge is -2.46. The van der Waals surface area contributed by atoms with Crippen molar-refractivity contribution in [1.29, 1.82) is 0 Å². The third-order valence-electron chi connectivity index (χ3n) is 10.5. The van der Waals surface area contributed by atoms with Gasteiger partial charge in [0.25, 0.3) is 0 Å². The maximum absolute atomic E-state index is 13.9. The molecule has 0 spiro atoms. The normalized spacial score (nSPS) is 46.1. The average molecular weight is 747 g/mol. The maximum Gasteiger partial charge on any atom is 0.337 e. The first kappa shape index (κ1) is 40.1. The molecule has 0 unspecified atom stereocenters. The van der Waals surface area contributed by atoms with Crippen molar-refractivity contribution in [3.05, 3.63) is 36.3 Å². The van der Waals surface area contributed by atoms with Crippen LogP contribution in [0.4, 0.5) is 0 Å². The minimum Gasteiger partial charge on any atom is -0.471 e. The Morgan fingerprint density at radius 2 is 1.40 bits per heavy atom. The summed E-state index contributed by atoms with van der Waals surface area (Å²) >= 11 is 0. The van der Waals surface area contributed by atoms with E-state index in [9.17, 15) is 55.2 Å². The second-order valence-electron chi connectivity index (χ2n) is 13.4. The summed E-state index contributed by atoms with van der Waals surface area (Å²) in [7, 11) is 1.14. The minimum absolute atomic E-state index is 0.0494. The van der Waals surface area contributed by atoms with Crippen LogP contribution in [-0.2, 0) is 52.3 Å². The number of esters is 2. The zero-order valence-corrected chi connectivity index (χ0v) is 28.3. The van der Waals surface area contributed by atoms with Crippen molar-refractivity contribution in [3.8, 4) is 0 Å². The number of aliphatic hydroxyl groups excluding tert-OH is 8. The lowest BCUT2D eigenvalue weighted by molar-refractivity contribution is -0.372. The van der Waals surface area contributed by atoms with Gasteiger partial charge < -0.3 is 83.5 Å². The van der Waals surface area contributed by atoms with E-state index in [0.717, 1.165) is 19.6 Å². The van der Waals surface area contributed by atoms with Crippen molar-refractivity contribution in [1.82, 2.24) is 0 Å². The van der Waals surface area contributed by atoms with Gasteiger partial charge in [-0.3, -0.25) is 0 Å². The van der Waals surface area contributed by atoms with Crippen LogP contribution in [0.15, 0.2) is 36.3 Å². The van der Waals surface area contributed by atoms with Gasteiger partial charge in [0.2, 0.25) is 12.6 Å². The van der Waals surface area contributed by atoms with Crippen LogP contribution in [0.2, 0.25) is 0 Å². The van der Waals surface area contributed by atoms with Gasteiger partial charge in [-0.15, -0.1) is 6.58 Å². The molecule has 4 bridgehead atoms. The smallest absolute Gasteiger partial charge is 0.337 e. The molecule has 18 atom stereocenters. The monoisotopic (exact) mass is 746 g/mol. The van der Waals surface area contributed by atoms with Gasteiger partial charge in [-0.05, 0) is 12.3 Å². The molecule has 1 aliphatic carbocycles. The number of allylic oxidation sites excluding steroid dienone is 1. The summed E-state index contributed by atoms with van der Waals surface area (Å²) in [5.41, 5.74) is -0.244. The molecule has 19 heteroatoms. The number of hydrogen-bond donors (Lipinski definition) is 8. The molecule has 2 saturated heterocycles. The Morgan fingerprint density at radius 3 is 1.88 bits per heavy atom. The van der Waals surface area contributed by atoms with Gasteiger partial charge >= 0.3 is 11.9 Å². The Kier molecular flexibility index (Phi) is 13.1. The van der Waals surface area contributed by atoms with Gasteiger partial charge in [-0.25, -0.2) is 9.59 Å². The van der Waals surface area contributed by atoms with E-state index in [4.69, 9.17) is 37.9 Å². The first-order valence-corrected chi connectivity index (χ1v) is 16.8. The molecular formula is C33H46O19. The zero-order valence-electron chi connectivity index (χ0n) is 28.3. The van der Waals surface area contributed by atoms with Crippen molar-refractivity contribution in [2.45, 2.75) is 99.9 Å². The Balaban J connectivity index is 1.64. The van der Waals surface area contributed by atoms with Crippen LogP contribution in [0.25, 0.3) is 0 Å². The number of aldehydes is 1. The number of carbonyl (C=O) groups excluding carboxylic acids is 3. The van der Waals surface area contributed by atoms with E-state index >= 15 is 0 Å². The fraction of sp³-hybridized carbons (Fsp3) is 0.727. The van der Waals surface area contributed by atoms with Crippen molar-refractivity contribution < 1.29 is 93.1 Å². The predicted molar refractivity (Wildman–Crippen MR) is 166 cm³/mol. The zero-order chi connectivity index (χ0) is 38.0. The van der Waals surface area contributed by atoms with Gasteiger partial charge in [0.05, 0.1) is 49.9 Å². The molecule has 0 aromatic carbocycles. The summed E-state index contributed by atoms with van der Waals surface area (Å²) in [5.74, 6) is -6.03. The summed E-state index contributed by atoms with van der Waals surface area (Å²) in [5, 5.41) is 82.8. The summed E-state index contributed by atoms with van der Waals surface area (Å²) in [4.78, 5) is 39.4. The first-order chi connectivity index (χ1) is 24.8. The molecule has 19 nitrogen and oxygen atoms in total. The molecule has 5 rings (SSSR count). The minimum atomic E-state index is -1.98. The summed E-state index contributed by atoms with van der Waals surface area (Å²) < 4.78 is 46.0. The molecule has 0 aromatic rings. The van der Waals surface area contributed by atoms with Crippen LogP contribution in [0.1, 0.15) is 19.8 Å². The third-order valence-corrected chi connectivity index (χ3v) is 10.5. The Labute approximate surface area is 297 Å². The Morgan fingerprint density at radius 1 is 0.865 bits per heavy atom.